The van der Waals surface area contributed by atoms with E-state index in [0.29, 0.717) is 6.61 Å². The molecular formula is C19H31NOSi. The van der Waals surface area contributed by atoms with Gasteiger partial charge in [-0.25, -0.2) is 0 Å². The summed E-state index contributed by atoms with van der Waals surface area (Å²) in [5.74, 6) is 0. The van der Waals surface area contributed by atoms with Crippen molar-refractivity contribution in [3.05, 3.63) is 35.2 Å². The zero-order valence-electron chi connectivity index (χ0n) is 15.1. The number of allylic oxidation sites excluding steroid dienone is 2. The second-order valence-electron chi connectivity index (χ2n) is 7.85. The van der Waals surface area contributed by atoms with E-state index < -0.39 is 8.32 Å². The fourth-order valence-electron chi connectivity index (χ4n) is 2.70. The number of rotatable bonds is 5. The van der Waals surface area contributed by atoms with Crippen molar-refractivity contribution in [3.63, 3.8) is 0 Å². The van der Waals surface area contributed by atoms with Crippen LogP contribution in [0.5, 0.6) is 0 Å². The highest BCUT2D eigenvalue weighted by Gasteiger charge is 2.37. The van der Waals surface area contributed by atoms with Gasteiger partial charge < -0.3 is 4.43 Å². The molecule has 3 heteroatoms. The van der Waals surface area contributed by atoms with Gasteiger partial charge in [0.1, 0.15) is 0 Å². The Morgan fingerprint density at radius 1 is 1.18 bits per heavy atom. The third-order valence-electron chi connectivity index (χ3n) is 5.26. The van der Waals surface area contributed by atoms with Crippen LogP contribution in [0.15, 0.2) is 23.8 Å². The molecule has 0 fully saturated rings. The predicted octanol–water partition coefficient (Wildman–Crippen LogP) is 5.95. The van der Waals surface area contributed by atoms with Crippen LogP contribution in [0.3, 0.4) is 0 Å². The molecule has 0 spiro atoms. The maximum Gasteiger partial charge on any atom is 0.192 e. The van der Waals surface area contributed by atoms with Crippen LogP contribution >= 0.6 is 0 Å². The molecule has 0 N–H and O–H groups in total. The topological polar surface area (TPSA) is 22.1 Å². The lowest BCUT2D eigenvalue weighted by Crippen LogP contribution is -2.40. The minimum absolute atomic E-state index is 0.244. The van der Waals surface area contributed by atoms with E-state index in [9.17, 15) is 0 Å². The summed E-state index contributed by atoms with van der Waals surface area (Å²) in [6, 6.07) is 6.38. The van der Waals surface area contributed by atoms with E-state index in [1.54, 1.807) is 5.57 Å². The first-order valence-electron chi connectivity index (χ1n) is 8.56. The molecule has 0 unspecified atom stereocenters. The van der Waals surface area contributed by atoms with E-state index >= 15 is 0 Å². The van der Waals surface area contributed by atoms with Gasteiger partial charge in [-0.3, -0.25) is 4.98 Å². The summed E-state index contributed by atoms with van der Waals surface area (Å²) >= 11 is 0. The van der Waals surface area contributed by atoms with Gasteiger partial charge >= 0.3 is 0 Å². The van der Waals surface area contributed by atoms with Crippen molar-refractivity contribution in [1.82, 2.24) is 4.98 Å². The molecule has 1 aliphatic carbocycles. The van der Waals surface area contributed by atoms with E-state index in [0.717, 1.165) is 12.1 Å². The molecule has 22 heavy (non-hydrogen) atoms. The fourth-order valence-corrected chi connectivity index (χ4v) is 3.65. The molecule has 1 aliphatic rings. The molecule has 0 aromatic carbocycles. The average molecular weight is 318 g/mol. The van der Waals surface area contributed by atoms with Crippen molar-refractivity contribution < 1.29 is 4.43 Å². The van der Waals surface area contributed by atoms with Crippen LogP contribution in [0.4, 0.5) is 0 Å². The number of aromatic nitrogens is 1. The van der Waals surface area contributed by atoms with Gasteiger partial charge in [0, 0.05) is 0 Å². The van der Waals surface area contributed by atoms with Gasteiger partial charge in [0.15, 0.2) is 8.32 Å². The Morgan fingerprint density at radius 3 is 2.55 bits per heavy atom. The van der Waals surface area contributed by atoms with Crippen LogP contribution in [0.2, 0.25) is 18.1 Å². The Kier molecular flexibility index (Phi) is 5.28. The molecule has 0 bridgehead atoms. The number of hydrogen-bond acceptors (Lipinski definition) is 2. The summed E-state index contributed by atoms with van der Waals surface area (Å²) in [4.78, 5) is 4.88. The molecule has 0 saturated carbocycles. The minimum atomic E-state index is -1.71. The van der Waals surface area contributed by atoms with Crippen LogP contribution in [0.1, 0.15) is 64.8 Å². The summed E-state index contributed by atoms with van der Waals surface area (Å²) in [5.41, 5.74) is 5.31. The third kappa shape index (κ3) is 3.88. The molecule has 0 saturated heterocycles. The first-order valence-corrected chi connectivity index (χ1v) is 11.5. The van der Waals surface area contributed by atoms with Gasteiger partial charge in [-0.1, -0.05) is 39.3 Å². The molecule has 122 valence electrons. The van der Waals surface area contributed by atoms with Gasteiger partial charge in [-0.2, -0.15) is 0 Å². The van der Waals surface area contributed by atoms with Crippen molar-refractivity contribution in [2.75, 3.05) is 0 Å². The lowest BCUT2D eigenvalue weighted by atomic mass is 10.1. The summed E-state index contributed by atoms with van der Waals surface area (Å²) in [7, 11) is -1.71. The van der Waals surface area contributed by atoms with Crippen molar-refractivity contribution in [3.8, 4) is 0 Å². The first kappa shape index (κ1) is 17.4. The quantitative estimate of drug-likeness (QED) is 0.626. The maximum atomic E-state index is 6.31. The summed E-state index contributed by atoms with van der Waals surface area (Å²) in [6.45, 7) is 14.3. The van der Waals surface area contributed by atoms with Crippen molar-refractivity contribution in [2.45, 2.75) is 78.1 Å². The normalized spacial score (nSPS) is 16.5. The summed E-state index contributed by atoms with van der Waals surface area (Å²) in [5, 5.41) is 0.244. The van der Waals surface area contributed by atoms with E-state index in [1.807, 2.05) is 0 Å². The Bertz CT molecular complexity index is 555. The summed E-state index contributed by atoms with van der Waals surface area (Å²) in [6.07, 6.45) is 4.87. The van der Waals surface area contributed by atoms with Crippen LogP contribution in [0, 0.1) is 0 Å². The van der Waals surface area contributed by atoms with E-state index in [4.69, 9.17) is 9.41 Å². The Labute approximate surface area is 137 Å². The highest BCUT2D eigenvalue weighted by atomic mass is 28.4. The van der Waals surface area contributed by atoms with Crippen LogP contribution in [-0.4, -0.2) is 13.3 Å². The zero-order valence-corrected chi connectivity index (χ0v) is 16.1. The monoisotopic (exact) mass is 317 g/mol. The lowest BCUT2D eigenvalue weighted by molar-refractivity contribution is 0.272. The number of nitrogens with zero attached hydrogens (tertiary/aromatic N) is 1. The van der Waals surface area contributed by atoms with Crippen molar-refractivity contribution >= 4 is 13.9 Å². The molecule has 0 aliphatic heterocycles. The van der Waals surface area contributed by atoms with E-state index in [2.05, 4.69) is 59.0 Å². The zero-order chi connectivity index (χ0) is 16.4. The molecule has 1 heterocycles. The second-order valence-corrected chi connectivity index (χ2v) is 12.7. The standard InChI is InChI=1S/C19H31NOSi/c1-7-15-10-8-12-17(15)18-13-9-11-16(20-18)14-21-22(5,6)19(2,3)4/h9,11,13H,7-8,10,12,14H2,1-6H3. The van der Waals surface area contributed by atoms with Crippen molar-refractivity contribution in [2.24, 2.45) is 0 Å². The largest absolute Gasteiger partial charge is 0.411 e. The Hall–Kier alpha value is -0.933. The first-order chi connectivity index (χ1) is 10.2. The molecule has 0 amide bonds. The minimum Gasteiger partial charge on any atom is -0.411 e. The molecule has 1 aromatic rings. The number of hydrogen-bond donors (Lipinski definition) is 0. The van der Waals surface area contributed by atoms with Gasteiger partial charge in [0.25, 0.3) is 0 Å². The predicted molar refractivity (Wildman–Crippen MR) is 97.3 cm³/mol. The van der Waals surface area contributed by atoms with Gasteiger partial charge in [-0.15, -0.1) is 0 Å². The summed E-state index contributed by atoms with van der Waals surface area (Å²) < 4.78 is 6.31. The SMILES string of the molecule is CCC1=C(c2cccc(CO[Si](C)(C)C(C)(C)C)n2)CCC1. The van der Waals surface area contributed by atoms with Crippen LogP contribution < -0.4 is 0 Å². The van der Waals surface area contributed by atoms with E-state index in [1.165, 1.54) is 30.5 Å². The third-order valence-corrected chi connectivity index (χ3v) is 9.74. The van der Waals surface area contributed by atoms with Crippen molar-refractivity contribution in [1.29, 1.82) is 0 Å². The highest BCUT2D eigenvalue weighted by Crippen LogP contribution is 2.37. The molecule has 0 radical (unpaired) electrons. The highest BCUT2D eigenvalue weighted by molar-refractivity contribution is 6.74. The Morgan fingerprint density at radius 2 is 1.91 bits per heavy atom. The smallest absolute Gasteiger partial charge is 0.192 e. The van der Waals surface area contributed by atoms with Gasteiger partial charge in [-0.05, 0) is 61.5 Å². The second kappa shape index (κ2) is 6.67. The number of pyridine rings is 1. The van der Waals surface area contributed by atoms with Crippen LogP contribution in [0.25, 0.3) is 5.57 Å². The van der Waals surface area contributed by atoms with E-state index in [-0.39, 0.29) is 5.04 Å². The maximum absolute atomic E-state index is 6.31. The molecule has 1 aromatic heterocycles. The van der Waals surface area contributed by atoms with Crippen LogP contribution in [-0.2, 0) is 11.0 Å². The molecular weight excluding hydrogens is 286 g/mol. The molecule has 2 rings (SSSR count). The average Bonchev–Trinajstić information content (AvgIpc) is 2.93. The van der Waals surface area contributed by atoms with Gasteiger partial charge in [0.05, 0.1) is 18.0 Å². The lowest BCUT2D eigenvalue weighted by Gasteiger charge is -2.36. The fraction of sp³-hybridized carbons (Fsp3) is 0.632. The van der Waals surface area contributed by atoms with Gasteiger partial charge in [0.2, 0.25) is 0 Å². The molecule has 2 nitrogen and oxygen atoms in total. The Balaban J connectivity index is 2.13. The molecule has 0 atom stereocenters.